The number of nitrogens with two attached hydrogens (primary N) is 1. The second-order valence-electron chi connectivity index (χ2n) is 4.48. The Hall–Kier alpha value is -2.15. The van der Waals surface area contributed by atoms with E-state index in [1.54, 1.807) is 12.3 Å². The first-order chi connectivity index (χ1) is 10.3. The van der Waals surface area contributed by atoms with Crippen LogP contribution in [0.25, 0.3) is 10.9 Å². The first-order valence-electron chi connectivity index (χ1n) is 6.15. The summed E-state index contributed by atoms with van der Waals surface area (Å²) in [6, 6.07) is 9.11. The van der Waals surface area contributed by atoms with Gasteiger partial charge in [0, 0.05) is 22.0 Å². The highest BCUT2D eigenvalue weighted by Gasteiger charge is 2.29. The summed E-state index contributed by atoms with van der Waals surface area (Å²) >= 11 is 3.86. The van der Waals surface area contributed by atoms with Gasteiger partial charge in [0.1, 0.15) is 5.82 Å². The number of alkyl halides is 3. The third-order valence-corrected chi connectivity index (χ3v) is 3.17. The van der Waals surface area contributed by atoms with Crippen molar-refractivity contribution in [2.24, 2.45) is 0 Å². The van der Waals surface area contributed by atoms with E-state index >= 15 is 0 Å². The summed E-state index contributed by atoms with van der Waals surface area (Å²) in [7, 11) is 0. The topological polar surface area (TPSA) is 41.8 Å². The number of H-pyrrole nitrogens is 1. The maximum Gasteiger partial charge on any atom is 0.416 e. The summed E-state index contributed by atoms with van der Waals surface area (Å²) in [5.74, 6) is -0.260. The van der Waals surface area contributed by atoms with Crippen molar-refractivity contribution in [2.45, 2.75) is 11.1 Å². The minimum absolute atomic E-state index is 0.260. The molecule has 1 heterocycles. The molecule has 22 heavy (non-hydrogen) atoms. The van der Waals surface area contributed by atoms with Crippen LogP contribution in [0.3, 0.4) is 0 Å². The Bertz CT molecular complexity index is 763. The van der Waals surface area contributed by atoms with E-state index in [1.165, 1.54) is 24.3 Å². The summed E-state index contributed by atoms with van der Waals surface area (Å²) in [5.41, 5.74) is 6.35. The Morgan fingerprint density at radius 3 is 2.23 bits per heavy atom. The predicted molar refractivity (Wildman–Crippen MR) is 81.4 cm³/mol. The molecule has 7 heteroatoms. The molecule has 0 unspecified atom stereocenters. The minimum Gasteiger partial charge on any atom is -0.397 e. The molecule has 0 saturated heterocycles. The fraction of sp³-hybridized carbons (Fsp3) is 0.0667. The standard InChI is InChI=1S/C8H7FN2.C7H5F3S/c9-5-1-2-8-6(3-5)7(10)4-11-8;8-7(9,10)5-1-3-6(11)4-2-5/h1-4,11H,10H2;1-4,11H. The molecular weight excluding hydrogens is 316 g/mol. The van der Waals surface area contributed by atoms with Gasteiger partial charge in [0.2, 0.25) is 0 Å². The molecule has 0 fully saturated rings. The molecule has 0 aliphatic rings. The van der Waals surface area contributed by atoms with E-state index in [0.717, 1.165) is 23.0 Å². The number of thiol groups is 1. The molecule has 0 radical (unpaired) electrons. The van der Waals surface area contributed by atoms with Crippen molar-refractivity contribution in [3.8, 4) is 0 Å². The van der Waals surface area contributed by atoms with Crippen LogP contribution in [0.5, 0.6) is 0 Å². The van der Waals surface area contributed by atoms with Gasteiger partial charge in [-0.3, -0.25) is 0 Å². The van der Waals surface area contributed by atoms with Crippen LogP contribution in [0, 0.1) is 5.82 Å². The molecule has 0 bridgehead atoms. The molecule has 0 spiro atoms. The second-order valence-corrected chi connectivity index (χ2v) is 4.99. The van der Waals surface area contributed by atoms with Crippen LogP contribution in [0.4, 0.5) is 23.2 Å². The molecule has 3 N–H and O–H groups in total. The number of rotatable bonds is 0. The Morgan fingerprint density at radius 1 is 1.00 bits per heavy atom. The Labute approximate surface area is 129 Å². The first kappa shape index (κ1) is 16.2. The van der Waals surface area contributed by atoms with Crippen LogP contribution in [-0.2, 0) is 6.18 Å². The van der Waals surface area contributed by atoms with Gasteiger partial charge in [-0.2, -0.15) is 13.2 Å². The van der Waals surface area contributed by atoms with Crippen LogP contribution in [0.1, 0.15) is 5.56 Å². The van der Waals surface area contributed by atoms with Gasteiger partial charge in [-0.25, -0.2) is 4.39 Å². The average Bonchev–Trinajstić information content (AvgIpc) is 2.80. The summed E-state index contributed by atoms with van der Waals surface area (Å²) in [5, 5.41) is 0.741. The van der Waals surface area contributed by atoms with E-state index in [1.807, 2.05) is 0 Å². The monoisotopic (exact) mass is 328 g/mol. The van der Waals surface area contributed by atoms with Crippen molar-refractivity contribution in [3.63, 3.8) is 0 Å². The molecular formula is C15H12F4N2S. The lowest BCUT2D eigenvalue weighted by molar-refractivity contribution is -0.137. The van der Waals surface area contributed by atoms with E-state index < -0.39 is 11.7 Å². The van der Waals surface area contributed by atoms with Crippen LogP contribution < -0.4 is 5.73 Å². The van der Waals surface area contributed by atoms with Crippen molar-refractivity contribution in [3.05, 3.63) is 60.0 Å². The van der Waals surface area contributed by atoms with Crippen LogP contribution in [0.2, 0.25) is 0 Å². The van der Waals surface area contributed by atoms with E-state index in [2.05, 4.69) is 17.6 Å². The Kier molecular flexibility index (Phi) is 4.65. The van der Waals surface area contributed by atoms with E-state index in [4.69, 9.17) is 5.73 Å². The van der Waals surface area contributed by atoms with Crippen LogP contribution in [-0.4, -0.2) is 4.98 Å². The van der Waals surface area contributed by atoms with E-state index in [-0.39, 0.29) is 5.82 Å². The highest BCUT2D eigenvalue weighted by molar-refractivity contribution is 7.80. The maximum atomic E-state index is 12.6. The lowest BCUT2D eigenvalue weighted by Gasteiger charge is -2.05. The predicted octanol–water partition coefficient (Wildman–Crippen LogP) is 4.88. The summed E-state index contributed by atoms with van der Waals surface area (Å²) in [6.07, 6.45) is -2.59. The van der Waals surface area contributed by atoms with Gasteiger partial charge in [0.25, 0.3) is 0 Å². The molecule has 0 amide bonds. The third kappa shape index (κ3) is 3.94. The molecule has 0 aliphatic carbocycles. The normalized spacial score (nSPS) is 11.1. The molecule has 2 nitrogen and oxygen atoms in total. The lowest BCUT2D eigenvalue weighted by atomic mass is 10.2. The van der Waals surface area contributed by atoms with Gasteiger partial charge in [0.05, 0.1) is 11.3 Å². The largest absolute Gasteiger partial charge is 0.416 e. The number of nitrogens with one attached hydrogen (secondary N) is 1. The summed E-state index contributed by atoms with van der Waals surface area (Å²) in [6.45, 7) is 0. The van der Waals surface area contributed by atoms with Crippen molar-refractivity contribution in [2.75, 3.05) is 5.73 Å². The average molecular weight is 328 g/mol. The van der Waals surface area contributed by atoms with E-state index in [9.17, 15) is 17.6 Å². The fourth-order valence-electron chi connectivity index (χ4n) is 1.76. The lowest BCUT2D eigenvalue weighted by Crippen LogP contribution is -2.03. The van der Waals surface area contributed by atoms with Crippen LogP contribution >= 0.6 is 12.6 Å². The number of aromatic nitrogens is 1. The fourth-order valence-corrected chi connectivity index (χ4v) is 1.91. The Morgan fingerprint density at radius 2 is 1.64 bits per heavy atom. The molecule has 0 atom stereocenters. The molecule has 3 aromatic rings. The molecule has 3 rings (SSSR count). The zero-order valence-electron chi connectivity index (χ0n) is 11.2. The maximum absolute atomic E-state index is 12.6. The summed E-state index contributed by atoms with van der Waals surface area (Å²) in [4.78, 5) is 3.45. The molecule has 2 aromatic carbocycles. The number of benzene rings is 2. The SMILES string of the molecule is FC(F)(F)c1ccc(S)cc1.Nc1c[nH]c2ccc(F)cc12. The highest BCUT2D eigenvalue weighted by atomic mass is 32.1. The van der Waals surface area contributed by atoms with Crippen molar-refractivity contribution in [1.82, 2.24) is 4.98 Å². The van der Waals surface area contributed by atoms with Crippen molar-refractivity contribution >= 4 is 29.2 Å². The number of fused-ring (bicyclic) bond motifs is 1. The van der Waals surface area contributed by atoms with E-state index in [0.29, 0.717) is 10.6 Å². The van der Waals surface area contributed by atoms with Gasteiger partial charge in [-0.1, -0.05) is 0 Å². The van der Waals surface area contributed by atoms with Gasteiger partial charge in [-0.15, -0.1) is 12.6 Å². The number of hydrogen-bond donors (Lipinski definition) is 3. The van der Waals surface area contributed by atoms with Gasteiger partial charge >= 0.3 is 6.18 Å². The second kappa shape index (κ2) is 6.31. The van der Waals surface area contributed by atoms with Gasteiger partial charge in [0.15, 0.2) is 0 Å². The highest BCUT2D eigenvalue weighted by Crippen LogP contribution is 2.29. The molecule has 0 saturated carbocycles. The molecule has 116 valence electrons. The number of nitrogen functional groups attached to an aromatic ring is 1. The zero-order chi connectivity index (χ0) is 16.3. The number of anilines is 1. The number of hydrogen-bond acceptors (Lipinski definition) is 2. The van der Waals surface area contributed by atoms with Crippen molar-refractivity contribution < 1.29 is 17.6 Å². The first-order valence-corrected chi connectivity index (χ1v) is 6.60. The van der Waals surface area contributed by atoms with Crippen molar-refractivity contribution in [1.29, 1.82) is 0 Å². The number of halogens is 4. The Balaban J connectivity index is 0.000000160. The number of aromatic amines is 1. The molecule has 0 aliphatic heterocycles. The smallest absolute Gasteiger partial charge is 0.397 e. The minimum atomic E-state index is -4.25. The zero-order valence-corrected chi connectivity index (χ0v) is 12.0. The third-order valence-electron chi connectivity index (χ3n) is 2.87. The van der Waals surface area contributed by atoms with Gasteiger partial charge in [-0.05, 0) is 42.5 Å². The quantitative estimate of drug-likeness (QED) is 0.399. The summed E-state index contributed by atoms with van der Waals surface area (Å²) < 4.78 is 48.3. The van der Waals surface area contributed by atoms with Gasteiger partial charge < -0.3 is 10.7 Å². The van der Waals surface area contributed by atoms with Crippen LogP contribution in [0.15, 0.2) is 53.6 Å². The molecule has 1 aromatic heterocycles.